The molecule has 0 aliphatic carbocycles. The number of aliphatic hydroxyl groups excluding tert-OH is 1. The third-order valence-corrected chi connectivity index (χ3v) is 3.19. The summed E-state index contributed by atoms with van der Waals surface area (Å²) in [5, 5.41) is 8.82. The Morgan fingerprint density at radius 1 is 1.41 bits per heavy atom. The standard InChI is InChI=1S/C11H21N3O3/c1-9(16)14-5-4-12(2)10(8-14)11(17)13(3)6-7-15/h10,15H,4-8H2,1-3H3/t10-/m0/s1. The Morgan fingerprint density at radius 2 is 2.06 bits per heavy atom. The summed E-state index contributed by atoms with van der Waals surface area (Å²) in [4.78, 5) is 28.6. The Morgan fingerprint density at radius 3 is 2.59 bits per heavy atom. The predicted octanol–water partition coefficient (Wildman–Crippen LogP) is -1.40. The molecule has 2 amide bonds. The third kappa shape index (κ3) is 3.41. The average Bonchev–Trinajstić information content (AvgIpc) is 2.28. The van der Waals surface area contributed by atoms with Gasteiger partial charge in [-0.1, -0.05) is 0 Å². The van der Waals surface area contributed by atoms with Gasteiger partial charge in [0.15, 0.2) is 0 Å². The molecule has 1 N–H and O–H groups in total. The predicted molar refractivity (Wildman–Crippen MR) is 63.4 cm³/mol. The molecule has 1 aliphatic rings. The minimum absolute atomic E-state index is 0.000659. The van der Waals surface area contributed by atoms with Gasteiger partial charge in [-0.3, -0.25) is 14.5 Å². The van der Waals surface area contributed by atoms with Crippen molar-refractivity contribution in [3.8, 4) is 0 Å². The molecule has 0 aromatic rings. The second-order valence-electron chi connectivity index (χ2n) is 4.44. The summed E-state index contributed by atoms with van der Waals surface area (Å²) < 4.78 is 0. The summed E-state index contributed by atoms with van der Waals surface area (Å²) >= 11 is 0. The van der Waals surface area contributed by atoms with E-state index in [1.807, 2.05) is 11.9 Å². The van der Waals surface area contributed by atoms with Crippen LogP contribution in [0.1, 0.15) is 6.92 Å². The van der Waals surface area contributed by atoms with Gasteiger partial charge in [0.05, 0.1) is 6.61 Å². The Kier molecular flexibility index (Phi) is 4.89. The highest BCUT2D eigenvalue weighted by Crippen LogP contribution is 2.10. The van der Waals surface area contributed by atoms with Crippen molar-refractivity contribution in [2.45, 2.75) is 13.0 Å². The van der Waals surface area contributed by atoms with Gasteiger partial charge < -0.3 is 14.9 Å². The molecule has 1 heterocycles. The summed E-state index contributed by atoms with van der Waals surface area (Å²) in [7, 11) is 3.55. The van der Waals surface area contributed by atoms with E-state index in [1.54, 1.807) is 11.9 Å². The quantitative estimate of drug-likeness (QED) is 0.662. The summed E-state index contributed by atoms with van der Waals surface area (Å²) in [6.45, 7) is 3.59. The fourth-order valence-electron chi connectivity index (χ4n) is 1.94. The van der Waals surface area contributed by atoms with Crippen molar-refractivity contribution in [2.75, 3.05) is 46.9 Å². The van der Waals surface area contributed by atoms with Crippen LogP contribution in [0.2, 0.25) is 0 Å². The number of piperazine rings is 1. The van der Waals surface area contributed by atoms with Crippen LogP contribution in [-0.4, -0.2) is 84.5 Å². The lowest BCUT2D eigenvalue weighted by molar-refractivity contribution is -0.141. The molecule has 0 aromatic carbocycles. The van der Waals surface area contributed by atoms with Gasteiger partial charge in [-0.15, -0.1) is 0 Å². The molecule has 1 atom stereocenters. The Bertz CT molecular complexity index is 296. The van der Waals surface area contributed by atoms with Gasteiger partial charge in [0.2, 0.25) is 11.8 Å². The van der Waals surface area contributed by atoms with Gasteiger partial charge >= 0.3 is 0 Å². The molecule has 0 unspecified atom stereocenters. The van der Waals surface area contributed by atoms with Crippen molar-refractivity contribution in [1.82, 2.24) is 14.7 Å². The molecule has 0 radical (unpaired) electrons. The van der Waals surface area contributed by atoms with Crippen LogP contribution >= 0.6 is 0 Å². The van der Waals surface area contributed by atoms with Crippen LogP contribution in [0.5, 0.6) is 0 Å². The molecule has 0 aromatic heterocycles. The molecular weight excluding hydrogens is 222 g/mol. The molecule has 6 nitrogen and oxygen atoms in total. The van der Waals surface area contributed by atoms with Crippen molar-refractivity contribution in [2.24, 2.45) is 0 Å². The second kappa shape index (κ2) is 5.97. The number of hydrogen-bond acceptors (Lipinski definition) is 4. The Labute approximate surface area is 102 Å². The van der Waals surface area contributed by atoms with Crippen molar-refractivity contribution >= 4 is 11.8 Å². The fraction of sp³-hybridized carbons (Fsp3) is 0.818. The van der Waals surface area contributed by atoms with Gasteiger partial charge in [-0.05, 0) is 7.05 Å². The van der Waals surface area contributed by atoms with Crippen molar-refractivity contribution in [1.29, 1.82) is 0 Å². The highest BCUT2D eigenvalue weighted by atomic mass is 16.3. The number of amides is 2. The molecule has 0 bridgehead atoms. The summed E-state index contributed by atoms with van der Waals surface area (Å²) in [5.41, 5.74) is 0. The highest BCUT2D eigenvalue weighted by Gasteiger charge is 2.32. The zero-order valence-electron chi connectivity index (χ0n) is 10.7. The van der Waals surface area contributed by atoms with Crippen molar-refractivity contribution < 1.29 is 14.7 Å². The minimum atomic E-state index is -0.302. The van der Waals surface area contributed by atoms with Crippen molar-refractivity contribution in [3.63, 3.8) is 0 Å². The van der Waals surface area contributed by atoms with Gasteiger partial charge in [-0.25, -0.2) is 0 Å². The number of rotatable bonds is 3. The van der Waals surface area contributed by atoms with E-state index in [0.29, 0.717) is 26.2 Å². The molecule has 0 saturated carbocycles. The van der Waals surface area contributed by atoms with E-state index >= 15 is 0 Å². The van der Waals surface area contributed by atoms with Gasteiger partial charge in [-0.2, -0.15) is 0 Å². The first-order valence-electron chi connectivity index (χ1n) is 5.79. The molecule has 98 valence electrons. The maximum Gasteiger partial charge on any atom is 0.241 e. The molecule has 1 aliphatic heterocycles. The van der Waals surface area contributed by atoms with E-state index in [2.05, 4.69) is 0 Å². The summed E-state index contributed by atoms with van der Waals surface area (Å²) in [5.74, 6) is -0.0480. The molecule has 1 fully saturated rings. The zero-order valence-corrected chi connectivity index (χ0v) is 10.7. The van der Waals surface area contributed by atoms with Crippen molar-refractivity contribution in [3.05, 3.63) is 0 Å². The first-order chi connectivity index (χ1) is 7.97. The fourth-order valence-corrected chi connectivity index (χ4v) is 1.94. The summed E-state index contributed by atoms with van der Waals surface area (Å²) in [6.07, 6.45) is 0. The molecule has 6 heteroatoms. The largest absolute Gasteiger partial charge is 0.395 e. The monoisotopic (exact) mass is 243 g/mol. The second-order valence-corrected chi connectivity index (χ2v) is 4.44. The highest BCUT2D eigenvalue weighted by molar-refractivity contribution is 5.83. The lowest BCUT2D eigenvalue weighted by atomic mass is 10.1. The lowest BCUT2D eigenvalue weighted by Crippen LogP contribution is -2.58. The molecular formula is C11H21N3O3. The Balaban J connectivity index is 2.66. The number of nitrogens with zero attached hydrogens (tertiary/aromatic N) is 3. The maximum atomic E-state index is 12.1. The van der Waals surface area contributed by atoms with Crippen LogP contribution in [0.15, 0.2) is 0 Å². The van der Waals surface area contributed by atoms with Crippen LogP contribution in [0.4, 0.5) is 0 Å². The number of carbonyl (C=O) groups excluding carboxylic acids is 2. The average molecular weight is 243 g/mol. The van der Waals surface area contributed by atoms with Gasteiger partial charge in [0.25, 0.3) is 0 Å². The molecule has 1 rings (SSSR count). The smallest absolute Gasteiger partial charge is 0.241 e. The number of likely N-dealkylation sites (N-methyl/N-ethyl adjacent to an activating group) is 2. The van der Waals surface area contributed by atoms with Gasteiger partial charge in [0, 0.05) is 40.2 Å². The van der Waals surface area contributed by atoms with Crippen LogP contribution in [0.25, 0.3) is 0 Å². The number of aliphatic hydroxyl groups is 1. The normalized spacial score (nSPS) is 21.4. The van der Waals surface area contributed by atoms with Crippen LogP contribution in [0, 0.1) is 0 Å². The van der Waals surface area contributed by atoms with Crippen LogP contribution in [0.3, 0.4) is 0 Å². The zero-order chi connectivity index (χ0) is 13.0. The summed E-state index contributed by atoms with van der Waals surface area (Å²) in [6, 6.07) is -0.302. The van der Waals surface area contributed by atoms with E-state index in [-0.39, 0.29) is 24.5 Å². The van der Waals surface area contributed by atoms with E-state index in [9.17, 15) is 9.59 Å². The molecule has 0 spiro atoms. The van der Waals surface area contributed by atoms with Crippen LogP contribution < -0.4 is 0 Å². The topological polar surface area (TPSA) is 64.1 Å². The maximum absolute atomic E-state index is 12.1. The van der Waals surface area contributed by atoms with Crippen LogP contribution in [-0.2, 0) is 9.59 Å². The number of carbonyl (C=O) groups is 2. The first-order valence-corrected chi connectivity index (χ1v) is 5.79. The minimum Gasteiger partial charge on any atom is -0.395 e. The third-order valence-electron chi connectivity index (χ3n) is 3.19. The van der Waals surface area contributed by atoms with E-state index < -0.39 is 0 Å². The Hall–Kier alpha value is -1.14. The lowest BCUT2D eigenvalue weighted by Gasteiger charge is -2.39. The van der Waals surface area contributed by atoms with Gasteiger partial charge in [0.1, 0.15) is 6.04 Å². The first kappa shape index (κ1) is 13.9. The molecule has 1 saturated heterocycles. The van der Waals surface area contributed by atoms with E-state index in [4.69, 9.17) is 5.11 Å². The van der Waals surface area contributed by atoms with E-state index in [0.717, 1.165) is 0 Å². The SMILES string of the molecule is CC(=O)N1CCN(C)[C@H](C(=O)N(C)CCO)C1. The molecule has 17 heavy (non-hydrogen) atoms. The van der Waals surface area contributed by atoms with E-state index in [1.165, 1.54) is 11.8 Å². The number of hydrogen-bond donors (Lipinski definition) is 1.